The fourth-order valence-corrected chi connectivity index (χ4v) is 1.48. The second-order valence-electron chi connectivity index (χ2n) is 3.45. The highest BCUT2D eigenvalue weighted by Crippen LogP contribution is 2.14. The number of hydrogen-bond donors (Lipinski definition) is 2. The molecule has 1 aromatic rings. The lowest BCUT2D eigenvalue weighted by Crippen LogP contribution is -2.34. The third-order valence-electron chi connectivity index (χ3n) is 2.31. The molecule has 0 unspecified atom stereocenters. The number of rotatable bonds is 2. The van der Waals surface area contributed by atoms with Crippen LogP contribution in [0.25, 0.3) is 0 Å². The molecule has 17 heavy (non-hydrogen) atoms. The van der Waals surface area contributed by atoms with Crippen LogP contribution in [0.1, 0.15) is 26.7 Å². The van der Waals surface area contributed by atoms with E-state index in [1.807, 2.05) is 13.8 Å². The van der Waals surface area contributed by atoms with Gasteiger partial charge in [-0.25, -0.2) is 9.37 Å². The van der Waals surface area contributed by atoms with Crippen molar-refractivity contribution >= 4 is 5.82 Å². The summed E-state index contributed by atoms with van der Waals surface area (Å²) in [5, 5.41) is 3.22. The van der Waals surface area contributed by atoms with Gasteiger partial charge < -0.3 is 15.8 Å². The molecule has 3 N–H and O–H groups in total. The molecule has 96 valence electrons. The predicted molar refractivity (Wildman–Crippen MR) is 64.3 cm³/mol. The van der Waals surface area contributed by atoms with Gasteiger partial charge in [-0.3, -0.25) is 0 Å². The van der Waals surface area contributed by atoms with Crippen LogP contribution in [-0.2, 0) is 0 Å². The van der Waals surface area contributed by atoms with E-state index in [0.29, 0.717) is 0 Å². The van der Waals surface area contributed by atoms with E-state index in [1.165, 1.54) is 0 Å². The number of nitrogens with zero attached hydrogens (tertiary/aromatic N) is 2. The highest BCUT2D eigenvalue weighted by Gasteiger charge is 2.16. The zero-order valence-corrected chi connectivity index (χ0v) is 10.2. The zero-order valence-electron chi connectivity index (χ0n) is 10.2. The molecule has 2 heterocycles. The van der Waals surface area contributed by atoms with Crippen LogP contribution in [0, 0.1) is 5.82 Å². The van der Waals surface area contributed by atoms with Crippen molar-refractivity contribution < 1.29 is 9.13 Å². The molecule has 0 spiro atoms. The van der Waals surface area contributed by atoms with Crippen LogP contribution >= 0.6 is 0 Å². The van der Waals surface area contributed by atoms with Gasteiger partial charge >= 0.3 is 6.01 Å². The molecule has 5 nitrogen and oxygen atoms in total. The Hall–Kier alpha value is -1.43. The number of aromatic nitrogens is 2. The monoisotopic (exact) mass is 242 g/mol. The lowest BCUT2D eigenvalue weighted by Gasteiger charge is -2.22. The molecule has 0 aromatic carbocycles. The molecule has 1 fully saturated rings. The molecule has 0 saturated carbocycles. The van der Waals surface area contributed by atoms with E-state index in [4.69, 9.17) is 10.5 Å². The van der Waals surface area contributed by atoms with Crippen molar-refractivity contribution in [2.45, 2.75) is 32.8 Å². The second-order valence-corrected chi connectivity index (χ2v) is 3.45. The van der Waals surface area contributed by atoms with Crippen molar-refractivity contribution in [1.82, 2.24) is 15.3 Å². The third-order valence-corrected chi connectivity index (χ3v) is 2.31. The molecule has 6 heteroatoms. The summed E-state index contributed by atoms with van der Waals surface area (Å²) in [5.74, 6) is -0.790. The van der Waals surface area contributed by atoms with Gasteiger partial charge in [0.2, 0.25) is 0 Å². The molecule has 0 amide bonds. The first kappa shape index (κ1) is 13.6. The van der Waals surface area contributed by atoms with Crippen LogP contribution in [-0.4, -0.2) is 29.2 Å². The summed E-state index contributed by atoms with van der Waals surface area (Å²) in [5.41, 5.74) is 5.31. The highest BCUT2D eigenvalue weighted by molar-refractivity contribution is 5.29. The number of piperidine rings is 1. The van der Waals surface area contributed by atoms with Gasteiger partial charge in [-0.1, -0.05) is 13.8 Å². The van der Waals surface area contributed by atoms with E-state index < -0.39 is 5.82 Å². The number of halogens is 1. The maximum atomic E-state index is 12.8. The maximum Gasteiger partial charge on any atom is 0.318 e. The molecule has 1 aliphatic rings. The zero-order chi connectivity index (χ0) is 12.7. The molecule has 2 rings (SSSR count). The van der Waals surface area contributed by atoms with Gasteiger partial charge in [-0.05, 0) is 25.9 Å². The summed E-state index contributed by atoms with van der Waals surface area (Å²) in [6.45, 7) is 5.84. The Labute approximate surface area is 101 Å². The van der Waals surface area contributed by atoms with Crippen molar-refractivity contribution in [2.24, 2.45) is 0 Å². The first-order chi connectivity index (χ1) is 8.25. The van der Waals surface area contributed by atoms with Gasteiger partial charge in [0, 0.05) is 0 Å². The number of hydrogen-bond acceptors (Lipinski definition) is 5. The first-order valence-corrected chi connectivity index (χ1v) is 5.91. The molecule has 0 aliphatic carbocycles. The largest absolute Gasteiger partial charge is 0.460 e. The van der Waals surface area contributed by atoms with Crippen molar-refractivity contribution in [3.63, 3.8) is 0 Å². The van der Waals surface area contributed by atoms with Gasteiger partial charge in [0.25, 0.3) is 0 Å². The van der Waals surface area contributed by atoms with Crippen LogP contribution in [0.15, 0.2) is 6.20 Å². The topological polar surface area (TPSA) is 73.1 Å². The number of anilines is 1. The van der Waals surface area contributed by atoms with Crippen LogP contribution in [0.2, 0.25) is 0 Å². The van der Waals surface area contributed by atoms with Crippen molar-refractivity contribution in [1.29, 1.82) is 0 Å². The van der Waals surface area contributed by atoms with E-state index in [2.05, 4.69) is 15.3 Å². The first-order valence-electron chi connectivity index (χ1n) is 5.91. The van der Waals surface area contributed by atoms with Gasteiger partial charge in [0.15, 0.2) is 11.6 Å². The Morgan fingerprint density at radius 2 is 2.06 bits per heavy atom. The Balaban J connectivity index is 0.000000686. The molecule has 0 radical (unpaired) electrons. The summed E-state index contributed by atoms with van der Waals surface area (Å²) in [4.78, 5) is 7.44. The molecule has 0 bridgehead atoms. The Bertz CT molecular complexity index is 342. The summed E-state index contributed by atoms with van der Waals surface area (Å²) >= 11 is 0. The van der Waals surface area contributed by atoms with Gasteiger partial charge in [-0.2, -0.15) is 4.98 Å². The highest BCUT2D eigenvalue weighted by atomic mass is 19.1. The second kappa shape index (κ2) is 7.01. The fourth-order valence-electron chi connectivity index (χ4n) is 1.48. The molecule has 0 atom stereocenters. The van der Waals surface area contributed by atoms with E-state index in [0.717, 1.165) is 32.1 Å². The van der Waals surface area contributed by atoms with E-state index in [-0.39, 0.29) is 17.9 Å². The lowest BCUT2D eigenvalue weighted by molar-refractivity contribution is 0.148. The molecular weight excluding hydrogens is 223 g/mol. The smallest absolute Gasteiger partial charge is 0.318 e. The minimum Gasteiger partial charge on any atom is -0.460 e. The summed E-state index contributed by atoms with van der Waals surface area (Å²) in [6, 6.07) is 0.154. The normalized spacial score (nSPS) is 15.9. The lowest BCUT2D eigenvalue weighted by atomic mass is 10.1. The SMILES string of the molecule is CC.Nc1nc(OC2CCNCC2)ncc1F. The standard InChI is InChI=1S/C9H13FN4O.C2H6/c10-7-5-13-9(14-8(7)11)15-6-1-3-12-4-2-6;1-2/h5-6,12H,1-4H2,(H2,11,13,14);1-2H3. The van der Waals surface area contributed by atoms with Crippen LogP contribution < -0.4 is 15.8 Å². The van der Waals surface area contributed by atoms with Crippen molar-refractivity contribution in [3.05, 3.63) is 12.0 Å². The van der Waals surface area contributed by atoms with E-state index in [1.54, 1.807) is 0 Å². The summed E-state index contributed by atoms with van der Waals surface area (Å²) in [7, 11) is 0. The fraction of sp³-hybridized carbons (Fsp3) is 0.636. The molecule has 1 saturated heterocycles. The van der Waals surface area contributed by atoms with Crippen molar-refractivity contribution in [2.75, 3.05) is 18.8 Å². The maximum absolute atomic E-state index is 12.8. The molecular formula is C11H19FN4O. The number of nitrogen functional groups attached to an aromatic ring is 1. The van der Waals surface area contributed by atoms with E-state index >= 15 is 0 Å². The van der Waals surface area contributed by atoms with Crippen molar-refractivity contribution in [3.8, 4) is 6.01 Å². The average Bonchev–Trinajstić information content (AvgIpc) is 2.38. The van der Waals surface area contributed by atoms with Gasteiger partial charge in [0.05, 0.1) is 6.20 Å². The van der Waals surface area contributed by atoms with Gasteiger partial charge in [-0.15, -0.1) is 0 Å². The summed E-state index contributed by atoms with van der Waals surface area (Å²) in [6.07, 6.45) is 2.93. The Morgan fingerprint density at radius 1 is 1.41 bits per heavy atom. The number of nitrogens with one attached hydrogen (secondary N) is 1. The quantitative estimate of drug-likeness (QED) is 0.819. The predicted octanol–water partition coefficient (Wildman–Crippen LogP) is 1.35. The summed E-state index contributed by atoms with van der Waals surface area (Å²) < 4.78 is 18.2. The average molecular weight is 242 g/mol. The number of nitrogens with two attached hydrogens (primary N) is 1. The Kier molecular flexibility index (Phi) is 5.62. The third kappa shape index (κ3) is 4.14. The van der Waals surface area contributed by atoms with Gasteiger partial charge in [0.1, 0.15) is 6.10 Å². The minimum absolute atomic E-state index is 0.0936. The number of ether oxygens (including phenoxy) is 1. The molecule has 1 aromatic heterocycles. The van der Waals surface area contributed by atoms with E-state index in [9.17, 15) is 4.39 Å². The Morgan fingerprint density at radius 3 is 2.65 bits per heavy atom. The molecule has 1 aliphatic heterocycles. The van der Waals surface area contributed by atoms with Crippen LogP contribution in [0.5, 0.6) is 6.01 Å². The van der Waals surface area contributed by atoms with Crippen LogP contribution in [0.4, 0.5) is 10.2 Å². The minimum atomic E-state index is -0.618. The van der Waals surface area contributed by atoms with Crippen LogP contribution in [0.3, 0.4) is 0 Å².